The second kappa shape index (κ2) is 7.77. The molecular formula is C17H19N5O4. The van der Waals surface area contributed by atoms with Gasteiger partial charge < -0.3 is 4.90 Å². The Kier molecular flexibility index (Phi) is 5.26. The number of nitrogens with one attached hydrogen (secondary N) is 3. The number of H-pyrrole nitrogens is 1. The largest absolute Gasteiger partial charge is 0.333 e. The van der Waals surface area contributed by atoms with Crippen molar-refractivity contribution in [3.05, 3.63) is 40.3 Å². The standard InChI is InChI=1S/C17H19N5O4/c23-13(10-22-9-5-1-2-8-14(22)24)18-21-17(26)15-11-6-3-4-7-12(11)16(25)20-19-15/h3-4,6-7H,1-2,5,8-10H2,(H,18,23)(H,20,25)(H,21,26). The molecule has 1 fully saturated rings. The fraction of sp³-hybridized carbons (Fsp3) is 0.353. The number of aromatic nitrogens is 2. The fourth-order valence-corrected chi connectivity index (χ4v) is 2.89. The molecule has 0 atom stereocenters. The molecule has 1 aromatic heterocycles. The minimum atomic E-state index is -0.659. The number of likely N-dealkylation sites (tertiary alicyclic amines) is 1. The maximum absolute atomic E-state index is 12.3. The van der Waals surface area contributed by atoms with Gasteiger partial charge in [0.05, 0.1) is 5.39 Å². The van der Waals surface area contributed by atoms with E-state index < -0.39 is 17.4 Å². The van der Waals surface area contributed by atoms with Crippen molar-refractivity contribution in [2.75, 3.05) is 13.1 Å². The molecule has 9 heteroatoms. The number of hydrogen-bond acceptors (Lipinski definition) is 5. The number of hydrogen-bond donors (Lipinski definition) is 3. The summed E-state index contributed by atoms with van der Waals surface area (Å²) in [6.45, 7) is 0.422. The molecule has 3 N–H and O–H groups in total. The summed E-state index contributed by atoms with van der Waals surface area (Å²) < 4.78 is 0. The number of amides is 3. The summed E-state index contributed by atoms with van der Waals surface area (Å²) in [4.78, 5) is 49.5. The number of hydrazine groups is 1. The third kappa shape index (κ3) is 3.88. The van der Waals surface area contributed by atoms with Gasteiger partial charge in [0.25, 0.3) is 17.4 Å². The van der Waals surface area contributed by atoms with Gasteiger partial charge in [-0.25, -0.2) is 5.10 Å². The van der Waals surface area contributed by atoms with Gasteiger partial charge in [0, 0.05) is 18.4 Å². The Hall–Kier alpha value is -3.23. The monoisotopic (exact) mass is 357 g/mol. The Morgan fingerprint density at radius 2 is 1.85 bits per heavy atom. The molecule has 1 aliphatic heterocycles. The van der Waals surface area contributed by atoms with Gasteiger partial charge in [-0.15, -0.1) is 0 Å². The Balaban J connectivity index is 1.64. The Morgan fingerprint density at radius 3 is 2.65 bits per heavy atom. The quantitative estimate of drug-likeness (QED) is 0.672. The van der Waals surface area contributed by atoms with Gasteiger partial charge in [0.1, 0.15) is 6.54 Å². The molecule has 0 unspecified atom stereocenters. The molecule has 3 amide bonds. The van der Waals surface area contributed by atoms with Gasteiger partial charge >= 0.3 is 0 Å². The zero-order chi connectivity index (χ0) is 18.5. The molecular weight excluding hydrogens is 338 g/mol. The van der Waals surface area contributed by atoms with E-state index in [9.17, 15) is 19.2 Å². The molecule has 0 aliphatic carbocycles. The molecule has 0 spiro atoms. The van der Waals surface area contributed by atoms with E-state index in [4.69, 9.17) is 0 Å². The lowest BCUT2D eigenvalue weighted by molar-refractivity contribution is -0.135. The zero-order valence-electron chi connectivity index (χ0n) is 14.1. The third-order valence-corrected chi connectivity index (χ3v) is 4.23. The molecule has 9 nitrogen and oxygen atoms in total. The Bertz CT molecular complexity index is 907. The SMILES string of the molecule is O=C(CN1CCCCCC1=O)NNC(=O)c1n[nH]c(=O)c2ccccc12. The number of fused-ring (bicyclic) bond motifs is 1. The van der Waals surface area contributed by atoms with E-state index in [1.807, 2.05) is 0 Å². The van der Waals surface area contributed by atoms with Crippen LogP contribution in [0.4, 0.5) is 0 Å². The number of carbonyl (C=O) groups is 3. The molecule has 2 aromatic rings. The van der Waals surface area contributed by atoms with Crippen LogP contribution in [0, 0.1) is 0 Å². The number of benzene rings is 1. The van der Waals surface area contributed by atoms with Crippen molar-refractivity contribution in [1.29, 1.82) is 0 Å². The van der Waals surface area contributed by atoms with Gasteiger partial charge in [0.2, 0.25) is 5.91 Å². The van der Waals surface area contributed by atoms with Gasteiger partial charge in [-0.2, -0.15) is 5.10 Å². The summed E-state index contributed by atoms with van der Waals surface area (Å²) in [6.07, 6.45) is 3.09. The van der Waals surface area contributed by atoms with Gasteiger partial charge in [-0.05, 0) is 18.9 Å². The van der Waals surface area contributed by atoms with E-state index in [0.717, 1.165) is 19.3 Å². The lowest BCUT2D eigenvalue weighted by Crippen LogP contribution is -2.48. The first-order valence-electron chi connectivity index (χ1n) is 8.40. The average molecular weight is 357 g/mol. The van der Waals surface area contributed by atoms with Crippen LogP contribution in [0.1, 0.15) is 36.2 Å². The summed E-state index contributed by atoms with van der Waals surface area (Å²) in [6, 6.07) is 6.55. The summed E-state index contributed by atoms with van der Waals surface area (Å²) in [7, 11) is 0. The van der Waals surface area contributed by atoms with E-state index in [2.05, 4.69) is 21.0 Å². The first kappa shape index (κ1) is 17.6. The summed E-state index contributed by atoms with van der Waals surface area (Å²) >= 11 is 0. The van der Waals surface area contributed by atoms with Gasteiger partial charge in [-0.1, -0.05) is 24.6 Å². The van der Waals surface area contributed by atoms with E-state index in [1.54, 1.807) is 24.3 Å². The van der Waals surface area contributed by atoms with E-state index >= 15 is 0 Å². The molecule has 1 saturated heterocycles. The molecule has 0 radical (unpaired) electrons. The zero-order valence-corrected chi connectivity index (χ0v) is 14.1. The van der Waals surface area contributed by atoms with E-state index in [0.29, 0.717) is 23.7 Å². The molecule has 0 bridgehead atoms. The minimum absolute atomic E-state index is 0.00801. The predicted octanol–water partition coefficient (Wildman–Crippen LogP) is 0.0867. The van der Waals surface area contributed by atoms with Gasteiger partial charge in [0.15, 0.2) is 5.69 Å². The van der Waals surface area contributed by atoms with Crippen LogP contribution in [0.25, 0.3) is 10.8 Å². The smallest absolute Gasteiger partial charge is 0.290 e. The van der Waals surface area contributed by atoms with Crippen molar-refractivity contribution in [2.45, 2.75) is 25.7 Å². The number of rotatable bonds is 3. The normalized spacial score (nSPS) is 14.8. The number of nitrogens with zero attached hydrogens (tertiary/aromatic N) is 2. The van der Waals surface area contributed by atoms with Crippen LogP contribution in [-0.2, 0) is 9.59 Å². The highest BCUT2D eigenvalue weighted by Gasteiger charge is 2.20. The lowest BCUT2D eigenvalue weighted by Gasteiger charge is -2.19. The Morgan fingerprint density at radius 1 is 1.08 bits per heavy atom. The molecule has 1 aliphatic rings. The predicted molar refractivity (Wildman–Crippen MR) is 93.0 cm³/mol. The average Bonchev–Trinajstić information content (AvgIpc) is 2.85. The highest BCUT2D eigenvalue weighted by atomic mass is 16.2. The fourth-order valence-electron chi connectivity index (χ4n) is 2.89. The Labute approximate surface area is 148 Å². The van der Waals surface area contributed by atoms with Crippen molar-refractivity contribution < 1.29 is 14.4 Å². The van der Waals surface area contributed by atoms with Crippen molar-refractivity contribution in [3.63, 3.8) is 0 Å². The number of carbonyl (C=O) groups excluding carboxylic acids is 3. The topological polar surface area (TPSA) is 124 Å². The van der Waals surface area contributed by atoms with Crippen molar-refractivity contribution in [3.8, 4) is 0 Å². The number of aromatic amines is 1. The van der Waals surface area contributed by atoms with Crippen LogP contribution in [0.2, 0.25) is 0 Å². The second-order valence-electron chi connectivity index (χ2n) is 6.08. The molecule has 1 aromatic carbocycles. The summed E-state index contributed by atoms with van der Waals surface area (Å²) in [5.41, 5.74) is 4.14. The molecule has 2 heterocycles. The van der Waals surface area contributed by atoms with Crippen LogP contribution in [0.5, 0.6) is 0 Å². The van der Waals surface area contributed by atoms with Crippen LogP contribution >= 0.6 is 0 Å². The summed E-state index contributed by atoms with van der Waals surface area (Å²) in [5.74, 6) is -1.22. The maximum atomic E-state index is 12.3. The highest BCUT2D eigenvalue weighted by molar-refractivity contribution is 6.05. The lowest BCUT2D eigenvalue weighted by atomic mass is 10.1. The summed E-state index contributed by atoms with van der Waals surface area (Å²) in [5, 5.41) is 6.73. The van der Waals surface area contributed by atoms with E-state index in [-0.39, 0.29) is 18.1 Å². The molecule has 136 valence electrons. The third-order valence-electron chi connectivity index (χ3n) is 4.23. The van der Waals surface area contributed by atoms with Crippen LogP contribution < -0.4 is 16.4 Å². The molecule has 26 heavy (non-hydrogen) atoms. The molecule has 0 saturated carbocycles. The first-order valence-corrected chi connectivity index (χ1v) is 8.40. The highest BCUT2D eigenvalue weighted by Crippen LogP contribution is 2.12. The van der Waals surface area contributed by atoms with Crippen molar-refractivity contribution in [1.82, 2.24) is 25.9 Å². The van der Waals surface area contributed by atoms with E-state index in [1.165, 1.54) is 4.90 Å². The first-order chi connectivity index (χ1) is 12.6. The van der Waals surface area contributed by atoms with Crippen molar-refractivity contribution >= 4 is 28.5 Å². The van der Waals surface area contributed by atoms with Crippen LogP contribution in [0.3, 0.4) is 0 Å². The minimum Gasteiger partial charge on any atom is -0.333 e. The second-order valence-corrected chi connectivity index (χ2v) is 6.08. The van der Waals surface area contributed by atoms with Crippen molar-refractivity contribution in [2.24, 2.45) is 0 Å². The van der Waals surface area contributed by atoms with Crippen LogP contribution in [0.15, 0.2) is 29.1 Å². The van der Waals surface area contributed by atoms with Crippen LogP contribution in [-0.4, -0.2) is 45.9 Å². The van der Waals surface area contributed by atoms with Gasteiger partial charge in [-0.3, -0.25) is 30.0 Å². The maximum Gasteiger partial charge on any atom is 0.290 e. The molecule has 3 rings (SSSR count).